The molecule has 1 fully saturated rings. The number of piperazine rings is 1. The number of carbonyl (C=O) groups is 2. The van der Waals surface area contributed by atoms with Crippen LogP contribution < -0.4 is 9.64 Å². The van der Waals surface area contributed by atoms with E-state index in [-0.39, 0.29) is 18.2 Å². The zero-order chi connectivity index (χ0) is 25.2. The van der Waals surface area contributed by atoms with Crippen molar-refractivity contribution in [2.24, 2.45) is 0 Å². The molecular formula is C27H26ClN5O3. The molecule has 0 atom stereocenters. The molecule has 184 valence electrons. The molecule has 36 heavy (non-hydrogen) atoms. The van der Waals surface area contributed by atoms with Gasteiger partial charge in [-0.2, -0.15) is 0 Å². The van der Waals surface area contributed by atoms with E-state index >= 15 is 0 Å². The standard InChI is InChI=1S/C27H26ClN5O3/c1-18-22(17-25(34)31-12-14-32(15-13-31)27-29-10-3-11-30-27)23-16-21(36-2)8-9-24(23)33(18)26(35)19-4-6-20(28)7-5-19/h3-11,16H,12-15,17H2,1-2H3. The Morgan fingerprint density at radius 1 is 1.00 bits per heavy atom. The van der Waals surface area contributed by atoms with Crippen molar-refractivity contribution in [2.75, 3.05) is 38.2 Å². The van der Waals surface area contributed by atoms with Crippen molar-refractivity contribution in [2.45, 2.75) is 13.3 Å². The first-order chi connectivity index (χ1) is 17.5. The Hall–Kier alpha value is -3.91. The first-order valence-corrected chi connectivity index (χ1v) is 12.1. The minimum Gasteiger partial charge on any atom is -0.497 e. The van der Waals surface area contributed by atoms with E-state index < -0.39 is 0 Å². The number of aromatic nitrogens is 3. The highest BCUT2D eigenvalue weighted by Crippen LogP contribution is 2.31. The summed E-state index contributed by atoms with van der Waals surface area (Å²) in [6.45, 7) is 4.38. The molecule has 4 aromatic rings. The van der Waals surface area contributed by atoms with Crippen molar-refractivity contribution in [3.8, 4) is 5.75 Å². The number of halogens is 1. The first-order valence-electron chi connectivity index (χ1n) is 11.7. The van der Waals surface area contributed by atoms with Crippen molar-refractivity contribution in [3.63, 3.8) is 0 Å². The lowest BCUT2D eigenvalue weighted by Gasteiger charge is -2.34. The van der Waals surface area contributed by atoms with Crippen molar-refractivity contribution in [1.29, 1.82) is 0 Å². The van der Waals surface area contributed by atoms with Gasteiger partial charge in [-0.15, -0.1) is 0 Å². The lowest BCUT2D eigenvalue weighted by atomic mass is 10.1. The van der Waals surface area contributed by atoms with Crippen LogP contribution in [0.4, 0.5) is 5.95 Å². The molecular weight excluding hydrogens is 478 g/mol. The molecule has 0 unspecified atom stereocenters. The number of hydrogen-bond acceptors (Lipinski definition) is 6. The third kappa shape index (κ3) is 4.52. The van der Waals surface area contributed by atoms with Crippen LogP contribution >= 0.6 is 11.6 Å². The molecule has 2 aromatic heterocycles. The number of fused-ring (bicyclic) bond motifs is 1. The lowest BCUT2D eigenvalue weighted by Crippen LogP contribution is -2.49. The lowest BCUT2D eigenvalue weighted by molar-refractivity contribution is -0.130. The summed E-state index contributed by atoms with van der Waals surface area (Å²) in [5, 5.41) is 1.40. The molecule has 1 aliphatic heterocycles. The molecule has 3 heterocycles. The van der Waals surface area contributed by atoms with Crippen molar-refractivity contribution < 1.29 is 14.3 Å². The molecule has 0 aliphatic carbocycles. The maximum Gasteiger partial charge on any atom is 0.262 e. The number of nitrogens with zero attached hydrogens (tertiary/aromatic N) is 5. The maximum atomic E-state index is 13.5. The summed E-state index contributed by atoms with van der Waals surface area (Å²) in [6, 6.07) is 14.2. The normalized spacial score (nSPS) is 13.8. The highest BCUT2D eigenvalue weighted by molar-refractivity contribution is 6.30. The number of hydrogen-bond donors (Lipinski definition) is 0. The van der Waals surface area contributed by atoms with Crippen LogP contribution in [0.1, 0.15) is 21.6 Å². The average Bonchev–Trinajstić information content (AvgIpc) is 3.19. The van der Waals surface area contributed by atoms with E-state index in [0.717, 1.165) is 22.2 Å². The highest BCUT2D eigenvalue weighted by atomic mass is 35.5. The molecule has 2 aromatic carbocycles. The van der Waals surface area contributed by atoms with E-state index in [1.165, 1.54) is 0 Å². The fourth-order valence-electron chi connectivity index (χ4n) is 4.67. The summed E-state index contributed by atoms with van der Waals surface area (Å²) in [5.74, 6) is 1.20. The summed E-state index contributed by atoms with van der Waals surface area (Å²) >= 11 is 6.02. The number of anilines is 1. The van der Waals surface area contributed by atoms with Crippen LogP contribution in [-0.2, 0) is 11.2 Å². The average molecular weight is 504 g/mol. The summed E-state index contributed by atoms with van der Waals surface area (Å²) in [6.07, 6.45) is 3.63. The van der Waals surface area contributed by atoms with Crippen LogP contribution in [0.25, 0.3) is 10.9 Å². The van der Waals surface area contributed by atoms with Crippen LogP contribution in [0.5, 0.6) is 5.75 Å². The van der Waals surface area contributed by atoms with Crippen molar-refractivity contribution in [1.82, 2.24) is 19.4 Å². The maximum absolute atomic E-state index is 13.5. The number of carbonyl (C=O) groups excluding carboxylic acids is 2. The Kier molecular flexibility index (Phi) is 6.61. The minimum atomic E-state index is -0.172. The fourth-order valence-corrected chi connectivity index (χ4v) is 4.80. The number of ether oxygens (including phenoxy) is 1. The summed E-state index contributed by atoms with van der Waals surface area (Å²) in [4.78, 5) is 39.4. The summed E-state index contributed by atoms with van der Waals surface area (Å²) in [7, 11) is 1.60. The molecule has 0 saturated carbocycles. The molecule has 1 aliphatic rings. The zero-order valence-corrected chi connectivity index (χ0v) is 20.9. The SMILES string of the molecule is COc1ccc2c(c1)c(CC(=O)N1CCN(c3ncccn3)CC1)c(C)n2C(=O)c1ccc(Cl)cc1. The Bertz CT molecular complexity index is 1410. The predicted molar refractivity (Wildman–Crippen MR) is 139 cm³/mol. The van der Waals surface area contributed by atoms with Gasteiger partial charge in [-0.25, -0.2) is 9.97 Å². The van der Waals surface area contributed by atoms with Gasteiger partial charge in [-0.1, -0.05) is 11.6 Å². The van der Waals surface area contributed by atoms with Crippen LogP contribution in [0, 0.1) is 6.92 Å². The zero-order valence-electron chi connectivity index (χ0n) is 20.1. The molecule has 0 N–H and O–H groups in total. The molecule has 5 rings (SSSR count). The second-order valence-corrected chi connectivity index (χ2v) is 9.12. The summed E-state index contributed by atoms with van der Waals surface area (Å²) in [5.41, 5.74) is 2.82. The van der Waals surface area contributed by atoms with Crippen LogP contribution in [-0.4, -0.2) is 64.5 Å². The van der Waals surface area contributed by atoms with E-state index in [9.17, 15) is 9.59 Å². The molecule has 8 nitrogen and oxygen atoms in total. The number of rotatable bonds is 5. The minimum absolute atomic E-state index is 0.0209. The molecule has 0 bridgehead atoms. The Morgan fingerprint density at radius 3 is 2.36 bits per heavy atom. The van der Waals surface area contributed by atoms with Gasteiger partial charge in [-0.05, 0) is 61.0 Å². The van der Waals surface area contributed by atoms with Gasteiger partial charge in [0, 0.05) is 60.2 Å². The second kappa shape index (κ2) is 9.99. The van der Waals surface area contributed by atoms with Crippen LogP contribution in [0.2, 0.25) is 5.02 Å². The van der Waals surface area contributed by atoms with E-state index in [0.29, 0.717) is 48.5 Å². The number of amides is 1. The number of benzene rings is 2. The fraction of sp³-hybridized carbons (Fsp3) is 0.259. The van der Waals surface area contributed by atoms with Gasteiger partial charge in [0.2, 0.25) is 11.9 Å². The van der Waals surface area contributed by atoms with Gasteiger partial charge in [0.1, 0.15) is 5.75 Å². The van der Waals surface area contributed by atoms with Gasteiger partial charge in [0.05, 0.1) is 19.0 Å². The van der Waals surface area contributed by atoms with E-state index in [2.05, 4.69) is 14.9 Å². The molecule has 0 radical (unpaired) electrons. The molecule has 0 spiro atoms. The van der Waals surface area contributed by atoms with Gasteiger partial charge >= 0.3 is 0 Å². The molecule has 9 heteroatoms. The predicted octanol–water partition coefficient (Wildman–Crippen LogP) is 3.98. The Balaban J connectivity index is 1.42. The second-order valence-electron chi connectivity index (χ2n) is 8.69. The van der Waals surface area contributed by atoms with Crippen molar-refractivity contribution >= 4 is 40.3 Å². The van der Waals surface area contributed by atoms with Gasteiger partial charge < -0.3 is 14.5 Å². The third-order valence-electron chi connectivity index (χ3n) is 6.63. The smallest absolute Gasteiger partial charge is 0.262 e. The highest BCUT2D eigenvalue weighted by Gasteiger charge is 2.26. The Labute approximate surface area is 214 Å². The van der Waals surface area contributed by atoms with Crippen LogP contribution in [0.15, 0.2) is 60.9 Å². The van der Waals surface area contributed by atoms with E-state index in [1.807, 2.05) is 30.0 Å². The van der Waals surface area contributed by atoms with Gasteiger partial charge in [-0.3, -0.25) is 14.2 Å². The monoisotopic (exact) mass is 503 g/mol. The van der Waals surface area contributed by atoms with Crippen LogP contribution in [0.3, 0.4) is 0 Å². The first kappa shape index (κ1) is 23.8. The van der Waals surface area contributed by atoms with E-state index in [4.69, 9.17) is 16.3 Å². The van der Waals surface area contributed by atoms with E-state index in [1.54, 1.807) is 54.4 Å². The third-order valence-corrected chi connectivity index (χ3v) is 6.88. The quantitative estimate of drug-likeness (QED) is 0.410. The van der Waals surface area contributed by atoms with Gasteiger partial charge in [0.15, 0.2) is 0 Å². The summed E-state index contributed by atoms with van der Waals surface area (Å²) < 4.78 is 7.11. The molecule has 1 saturated heterocycles. The Morgan fingerprint density at radius 2 is 1.69 bits per heavy atom. The van der Waals surface area contributed by atoms with Crippen molar-refractivity contribution in [3.05, 3.63) is 82.8 Å². The topological polar surface area (TPSA) is 80.6 Å². The molecule has 1 amide bonds. The largest absolute Gasteiger partial charge is 0.497 e. The van der Waals surface area contributed by atoms with Gasteiger partial charge in [0.25, 0.3) is 5.91 Å². The number of methoxy groups -OCH3 is 1.